The van der Waals surface area contributed by atoms with Crippen molar-refractivity contribution in [1.29, 1.82) is 0 Å². The Morgan fingerprint density at radius 1 is 1.03 bits per heavy atom. The van der Waals surface area contributed by atoms with Crippen LogP contribution in [-0.2, 0) is 6.42 Å². The van der Waals surface area contributed by atoms with E-state index in [0.717, 1.165) is 33.6 Å². The molecule has 0 unspecified atom stereocenters. The zero-order valence-corrected chi connectivity index (χ0v) is 20.3. The number of halogens is 1. The third-order valence-corrected chi connectivity index (χ3v) is 7.14. The van der Waals surface area contributed by atoms with Crippen molar-refractivity contribution in [2.75, 3.05) is 4.90 Å². The maximum Gasteiger partial charge on any atom is 0.174 e. The summed E-state index contributed by atoms with van der Waals surface area (Å²) in [5.74, 6) is 0.828. The molecule has 2 aromatic heterocycles. The maximum absolute atomic E-state index is 6.36. The SMILES string of the molecule is CCc1ccc(N2C(=S)N[C@H](c3ccccn3)[C@H]2c2ccc(Sc3ccc(Cl)cc3)o2)cc1. The summed E-state index contributed by atoms with van der Waals surface area (Å²) < 4.78 is 6.36. The predicted octanol–water partition coefficient (Wildman–Crippen LogP) is 7.22. The zero-order chi connectivity index (χ0) is 22.8. The molecule has 5 rings (SSSR count). The molecular formula is C26H22ClN3OS2. The van der Waals surface area contributed by atoms with Crippen molar-refractivity contribution >= 4 is 46.4 Å². The molecule has 33 heavy (non-hydrogen) atoms. The van der Waals surface area contributed by atoms with Gasteiger partial charge in [-0.05, 0) is 84.9 Å². The first-order valence-electron chi connectivity index (χ1n) is 10.7. The van der Waals surface area contributed by atoms with Gasteiger partial charge >= 0.3 is 0 Å². The van der Waals surface area contributed by atoms with Gasteiger partial charge in [0.05, 0.1) is 11.7 Å². The number of aromatic nitrogens is 1. The van der Waals surface area contributed by atoms with Gasteiger partial charge in [-0.2, -0.15) is 0 Å². The molecule has 3 heterocycles. The summed E-state index contributed by atoms with van der Waals surface area (Å²) in [5, 5.41) is 5.66. The van der Waals surface area contributed by atoms with Crippen LogP contribution in [0.4, 0.5) is 5.69 Å². The second-order valence-electron chi connectivity index (χ2n) is 7.73. The molecule has 0 spiro atoms. The van der Waals surface area contributed by atoms with Crippen molar-refractivity contribution in [2.24, 2.45) is 0 Å². The molecule has 1 N–H and O–H groups in total. The van der Waals surface area contributed by atoms with Gasteiger partial charge in [-0.15, -0.1) is 0 Å². The van der Waals surface area contributed by atoms with Crippen molar-refractivity contribution in [2.45, 2.75) is 35.4 Å². The van der Waals surface area contributed by atoms with Gasteiger partial charge in [-0.1, -0.05) is 48.5 Å². The second kappa shape index (κ2) is 9.59. The molecular weight excluding hydrogens is 470 g/mol. The fourth-order valence-electron chi connectivity index (χ4n) is 3.98. The Bertz CT molecular complexity index is 1240. The molecule has 0 bridgehead atoms. The van der Waals surface area contributed by atoms with Gasteiger partial charge in [-0.25, -0.2) is 0 Å². The van der Waals surface area contributed by atoms with Crippen LogP contribution in [0.3, 0.4) is 0 Å². The molecule has 1 aliphatic rings. The Balaban J connectivity index is 1.51. The number of benzene rings is 2. The van der Waals surface area contributed by atoms with Crippen molar-refractivity contribution < 1.29 is 4.42 Å². The molecule has 4 nitrogen and oxygen atoms in total. The molecule has 166 valence electrons. The van der Waals surface area contributed by atoms with Crippen molar-refractivity contribution in [3.63, 3.8) is 0 Å². The maximum atomic E-state index is 6.36. The summed E-state index contributed by atoms with van der Waals surface area (Å²) in [6.45, 7) is 2.15. The van der Waals surface area contributed by atoms with Crippen LogP contribution in [0.15, 0.2) is 99.5 Å². The van der Waals surface area contributed by atoms with Crippen molar-refractivity contribution in [3.05, 3.63) is 107 Å². The average Bonchev–Trinajstić information content (AvgIpc) is 3.45. The quantitative estimate of drug-likeness (QED) is 0.287. The molecule has 0 radical (unpaired) electrons. The lowest BCUT2D eigenvalue weighted by atomic mass is 10.0. The lowest BCUT2D eigenvalue weighted by molar-refractivity contribution is 0.383. The van der Waals surface area contributed by atoms with Gasteiger partial charge in [0.1, 0.15) is 11.8 Å². The van der Waals surface area contributed by atoms with Crippen LogP contribution in [0.5, 0.6) is 0 Å². The molecule has 1 saturated heterocycles. The van der Waals surface area contributed by atoms with Crippen molar-refractivity contribution in [1.82, 2.24) is 10.3 Å². The number of nitrogens with one attached hydrogen (secondary N) is 1. The highest BCUT2D eigenvalue weighted by atomic mass is 35.5. The Morgan fingerprint density at radius 2 is 1.82 bits per heavy atom. The van der Waals surface area contributed by atoms with E-state index in [0.29, 0.717) is 10.1 Å². The largest absolute Gasteiger partial charge is 0.452 e. The lowest BCUT2D eigenvalue weighted by Crippen LogP contribution is -2.29. The third-order valence-electron chi connectivity index (χ3n) is 5.65. The van der Waals surface area contributed by atoms with Gasteiger partial charge in [0.25, 0.3) is 0 Å². The highest BCUT2D eigenvalue weighted by Gasteiger charge is 2.42. The number of aryl methyl sites for hydroxylation is 1. The summed E-state index contributed by atoms with van der Waals surface area (Å²) in [5.41, 5.74) is 3.23. The molecule has 2 aromatic carbocycles. The molecule has 0 aliphatic carbocycles. The number of thiocarbonyl (C=S) groups is 1. The van der Waals surface area contributed by atoms with E-state index in [1.165, 1.54) is 5.56 Å². The monoisotopic (exact) mass is 491 g/mol. The standard InChI is InChI=1S/C26H22ClN3OS2/c1-2-17-6-10-19(11-7-17)30-25(24(29-26(30)32)21-5-3-4-16-28-21)22-14-15-23(31-22)33-20-12-8-18(27)9-13-20/h3-16,24-25H,2H2,1H3,(H,29,32)/t24-,25-/m1/s1. The predicted molar refractivity (Wildman–Crippen MR) is 138 cm³/mol. The van der Waals surface area contributed by atoms with Crippen LogP contribution in [0.25, 0.3) is 0 Å². The molecule has 1 aliphatic heterocycles. The Labute approximate surface area is 208 Å². The van der Waals surface area contributed by atoms with Crippen LogP contribution < -0.4 is 10.2 Å². The van der Waals surface area contributed by atoms with Crippen LogP contribution in [0.1, 0.15) is 36.0 Å². The molecule has 0 amide bonds. The Morgan fingerprint density at radius 3 is 2.52 bits per heavy atom. The minimum atomic E-state index is -0.167. The average molecular weight is 492 g/mol. The second-order valence-corrected chi connectivity index (χ2v) is 9.63. The van der Waals surface area contributed by atoms with E-state index in [1.807, 2.05) is 54.6 Å². The number of hydrogen-bond acceptors (Lipinski definition) is 4. The molecule has 7 heteroatoms. The van der Waals surface area contributed by atoms with E-state index >= 15 is 0 Å². The summed E-state index contributed by atoms with van der Waals surface area (Å²) in [6, 6.07) is 25.9. The van der Waals surface area contributed by atoms with Crippen LogP contribution in [0.2, 0.25) is 5.02 Å². The van der Waals surface area contributed by atoms with Gasteiger partial charge in [0, 0.05) is 21.8 Å². The minimum absolute atomic E-state index is 0.135. The van der Waals surface area contributed by atoms with Crippen LogP contribution in [-0.4, -0.2) is 10.1 Å². The highest BCUT2D eigenvalue weighted by molar-refractivity contribution is 7.99. The number of anilines is 1. The van der Waals surface area contributed by atoms with E-state index in [9.17, 15) is 0 Å². The topological polar surface area (TPSA) is 41.3 Å². The smallest absolute Gasteiger partial charge is 0.174 e. The summed E-state index contributed by atoms with van der Waals surface area (Å²) in [6.07, 6.45) is 2.80. The zero-order valence-electron chi connectivity index (χ0n) is 17.9. The fourth-order valence-corrected chi connectivity index (χ4v) is 5.23. The summed E-state index contributed by atoms with van der Waals surface area (Å²) in [7, 11) is 0. The van der Waals surface area contributed by atoms with E-state index < -0.39 is 0 Å². The van der Waals surface area contributed by atoms with Crippen LogP contribution >= 0.6 is 35.6 Å². The van der Waals surface area contributed by atoms with Crippen LogP contribution in [0, 0.1) is 0 Å². The van der Waals surface area contributed by atoms with E-state index in [1.54, 1.807) is 18.0 Å². The lowest BCUT2D eigenvalue weighted by Gasteiger charge is -2.26. The van der Waals surface area contributed by atoms with Crippen molar-refractivity contribution in [3.8, 4) is 0 Å². The normalized spacial score (nSPS) is 17.9. The van der Waals surface area contributed by atoms with Gasteiger partial charge < -0.3 is 14.6 Å². The van der Waals surface area contributed by atoms with E-state index in [-0.39, 0.29) is 12.1 Å². The number of hydrogen-bond donors (Lipinski definition) is 1. The third kappa shape index (κ3) is 4.64. The number of nitrogens with zero attached hydrogens (tertiary/aromatic N) is 2. The minimum Gasteiger partial charge on any atom is -0.452 e. The Kier molecular flexibility index (Phi) is 6.40. The number of furan rings is 1. The molecule has 2 atom stereocenters. The first-order valence-corrected chi connectivity index (χ1v) is 12.4. The summed E-state index contributed by atoms with van der Waals surface area (Å²) in [4.78, 5) is 7.79. The van der Waals surface area contributed by atoms with E-state index in [2.05, 4.69) is 46.4 Å². The summed E-state index contributed by atoms with van der Waals surface area (Å²) >= 11 is 13.4. The van der Waals surface area contributed by atoms with Gasteiger partial charge in [0.2, 0.25) is 0 Å². The van der Waals surface area contributed by atoms with E-state index in [4.69, 9.17) is 28.2 Å². The number of rotatable bonds is 6. The van der Waals surface area contributed by atoms with Gasteiger partial charge in [0.15, 0.2) is 10.2 Å². The first-order chi connectivity index (χ1) is 16.1. The molecule has 4 aromatic rings. The highest BCUT2D eigenvalue weighted by Crippen LogP contribution is 2.43. The van der Waals surface area contributed by atoms with Gasteiger partial charge in [-0.3, -0.25) is 4.98 Å². The molecule has 0 saturated carbocycles. The fraction of sp³-hybridized carbons (Fsp3) is 0.154. The number of pyridine rings is 1. The molecule has 1 fully saturated rings. The Hall–Kier alpha value is -2.80. The first kappa shape index (κ1) is 22.0.